The van der Waals surface area contributed by atoms with Gasteiger partial charge in [0, 0.05) is 23.6 Å². The number of benzene rings is 1. The first-order valence-electron chi connectivity index (χ1n) is 7.50. The van der Waals surface area contributed by atoms with Crippen LogP contribution >= 0.6 is 35.9 Å². The lowest BCUT2D eigenvalue weighted by molar-refractivity contribution is 0.0895. The van der Waals surface area contributed by atoms with Gasteiger partial charge in [0.2, 0.25) is 0 Å². The maximum Gasteiger partial charge on any atom is 0.251 e. The molecule has 0 saturated carbocycles. The standard InChI is InChI=1S/C16H24N2OS2.ClH/c1-3-16(4-2,11-17)18-14(19)12-5-7-13(8-6-12)15-20-9-10-21-15;/h5-8,15H,3-4,9-11,17H2,1-2H3,(H,18,19);1H. The number of rotatable bonds is 6. The van der Waals surface area contributed by atoms with Crippen LogP contribution in [0.5, 0.6) is 0 Å². The number of hydrogen-bond donors (Lipinski definition) is 2. The summed E-state index contributed by atoms with van der Waals surface area (Å²) in [5.74, 6) is 2.40. The van der Waals surface area contributed by atoms with Crippen molar-refractivity contribution in [1.82, 2.24) is 5.32 Å². The van der Waals surface area contributed by atoms with E-state index in [0.29, 0.717) is 16.7 Å². The van der Waals surface area contributed by atoms with Gasteiger partial charge in [-0.15, -0.1) is 35.9 Å². The zero-order valence-corrected chi connectivity index (χ0v) is 15.6. The molecule has 0 radical (unpaired) electrons. The number of nitrogens with one attached hydrogen (secondary N) is 1. The minimum Gasteiger partial charge on any atom is -0.345 e. The van der Waals surface area contributed by atoms with Gasteiger partial charge in [0.05, 0.1) is 10.1 Å². The van der Waals surface area contributed by atoms with Crippen LogP contribution in [-0.4, -0.2) is 29.5 Å². The van der Waals surface area contributed by atoms with Crippen LogP contribution < -0.4 is 11.1 Å². The van der Waals surface area contributed by atoms with Gasteiger partial charge in [0.1, 0.15) is 0 Å². The number of nitrogens with two attached hydrogens (primary N) is 1. The first-order chi connectivity index (χ1) is 10.1. The van der Waals surface area contributed by atoms with E-state index >= 15 is 0 Å². The van der Waals surface area contributed by atoms with Gasteiger partial charge >= 0.3 is 0 Å². The molecule has 1 saturated heterocycles. The number of halogens is 1. The molecule has 3 N–H and O–H groups in total. The van der Waals surface area contributed by atoms with E-state index in [1.807, 2.05) is 35.7 Å². The predicted octanol–water partition coefficient (Wildman–Crippen LogP) is 3.83. The second-order valence-corrected chi connectivity index (χ2v) is 8.07. The molecule has 0 unspecified atom stereocenters. The van der Waals surface area contributed by atoms with Crippen molar-refractivity contribution in [2.24, 2.45) is 5.73 Å². The normalized spacial score (nSPS) is 15.4. The lowest BCUT2D eigenvalue weighted by Gasteiger charge is -2.31. The molecule has 1 heterocycles. The van der Waals surface area contributed by atoms with Crippen molar-refractivity contribution in [2.75, 3.05) is 18.1 Å². The Balaban J connectivity index is 0.00000242. The molecule has 1 fully saturated rings. The van der Waals surface area contributed by atoms with Crippen LogP contribution in [0, 0.1) is 0 Å². The Kier molecular flexibility index (Phi) is 8.11. The minimum absolute atomic E-state index is 0. The second-order valence-electron chi connectivity index (χ2n) is 5.34. The predicted molar refractivity (Wildman–Crippen MR) is 101 cm³/mol. The van der Waals surface area contributed by atoms with E-state index in [9.17, 15) is 4.79 Å². The van der Waals surface area contributed by atoms with Crippen LogP contribution in [0.15, 0.2) is 24.3 Å². The Bertz CT molecular complexity index is 463. The molecule has 0 aromatic heterocycles. The minimum atomic E-state index is -0.285. The summed E-state index contributed by atoms with van der Waals surface area (Å²) in [6.45, 7) is 4.60. The quantitative estimate of drug-likeness (QED) is 0.809. The highest BCUT2D eigenvalue weighted by atomic mass is 35.5. The third-order valence-corrected chi connectivity index (χ3v) is 7.29. The fraction of sp³-hybridized carbons (Fsp3) is 0.562. The molecule has 0 bridgehead atoms. The van der Waals surface area contributed by atoms with Crippen LogP contribution in [0.1, 0.15) is 47.2 Å². The number of thioether (sulfide) groups is 2. The molecular formula is C16H25ClN2OS2. The van der Waals surface area contributed by atoms with Gasteiger partial charge < -0.3 is 11.1 Å². The fourth-order valence-corrected chi connectivity index (χ4v) is 5.28. The van der Waals surface area contributed by atoms with Crippen molar-refractivity contribution in [3.8, 4) is 0 Å². The van der Waals surface area contributed by atoms with Crippen molar-refractivity contribution in [1.29, 1.82) is 0 Å². The van der Waals surface area contributed by atoms with E-state index in [0.717, 1.165) is 12.8 Å². The van der Waals surface area contributed by atoms with Gasteiger partial charge in [0.25, 0.3) is 5.91 Å². The van der Waals surface area contributed by atoms with Gasteiger partial charge in [0.15, 0.2) is 0 Å². The first-order valence-corrected chi connectivity index (χ1v) is 9.59. The average Bonchev–Trinajstić information content (AvgIpc) is 3.07. The third kappa shape index (κ3) is 4.57. The van der Waals surface area contributed by atoms with E-state index < -0.39 is 0 Å². The van der Waals surface area contributed by atoms with E-state index in [4.69, 9.17) is 5.73 Å². The molecule has 0 spiro atoms. The zero-order chi connectivity index (χ0) is 15.3. The molecule has 1 aromatic carbocycles. The van der Waals surface area contributed by atoms with E-state index in [-0.39, 0.29) is 23.9 Å². The molecule has 1 aromatic rings. The molecule has 0 aliphatic carbocycles. The fourth-order valence-electron chi connectivity index (χ4n) is 2.42. The zero-order valence-electron chi connectivity index (χ0n) is 13.1. The monoisotopic (exact) mass is 360 g/mol. The molecule has 22 heavy (non-hydrogen) atoms. The van der Waals surface area contributed by atoms with Crippen LogP contribution in [0.3, 0.4) is 0 Å². The Morgan fingerprint density at radius 2 is 1.77 bits per heavy atom. The van der Waals surface area contributed by atoms with Crippen LogP contribution in [0.25, 0.3) is 0 Å². The summed E-state index contributed by atoms with van der Waals surface area (Å²) in [5, 5.41) is 3.11. The summed E-state index contributed by atoms with van der Waals surface area (Å²) in [5.41, 5.74) is 7.57. The van der Waals surface area contributed by atoms with Gasteiger partial charge in [-0.2, -0.15) is 0 Å². The number of amides is 1. The van der Waals surface area contributed by atoms with Gasteiger partial charge in [-0.1, -0.05) is 26.0 Å². The van der Waals surface area contributed by atoms with Crippen LogP contribution in [0.2, 0.25) is 0 Å². The third-order valence-electron chi connectivity index (χ3n) is 4.19. The van der Waals surface area contributed by atoms with E-state index in [2.05, 4.69) is 31.3 Å². The highest BCUT2D eigenvalue weighted by Gasteiger charge is 2.27. The SMILES string of the molecule is CCC(CC)(CN)NC(=O)c1ccc(C2SCCS2)cc1.Cl. The molecule has 1 aliphatic heterocycles. The second kappa shape index (κ2) is 9.06. The summed E-state index contributed by atoms with van der Waals surface area (Å²) in [6.07, 6.45) is 1.69. The Morgan fingerprint density at radius 3 is 2.23 bits per heavy atom. The summed E-state index contributed by atoms with van der Waals surface area (Å²) in [4.78, 5) is 12.4. The highest BCUT2D eigenvalue weighted by Crippen LogP contribution is 2.45. The highest BCUT2D eigenvalue weighted by molar-refractivity contribution is 8.19. The largest absolute Gasteiger partial charge is 0.345 e. The summed E-state index contributed by atoms with van der Waals surface area (Å²) >= 11 is 3.95. The molecule has 1 amide bonds. The van der Waals surface area contributed by atoms with Crippen molar-refractivity contribution >= 4 is 41.8 Å². The molecule has 124 valence electrons. The van der Waals surface area contributed by atoms with Crippen LogP contribution in [0.4, 0.5) is 0 Å². The Morgan fingerprint density at radius 1 is 1.23 bits per heavy atom. The lowest BCUT2D eigenvalue weighted by Crippen LogP contribution is -2.52. The summed E-state index contributed by atoms with van der Waals surface area (Å²) in [6, 6.07) is 8.01. The van der Waals surface area contributed by atoms with Crippen molar-refractivity contribution < 1.29 is 4.79 Å². The van der Waals surface area contributed by atoms with Crippen molar-refractivity contribution in [3.05, 3.63) is 35.4 Å². The number of hydrogen-bond acceptors (Lipinski definition) is 4. The lowest BCUT2D eigenvalue weighted by atomic mass is 9.92. The van der Waals surface area contributed by atoms with Gasteiger partial charge in [-0.25, -0.2) is 0 Å². The Hall–Kier alpha value is -0.360. The summed E-state index contributed by atoms with van der Waals surface area (Å²) in [7, 11) is 0. The van der Waals surface area contributed by atoms with Crippen LogP contribution in [-0.2, 0) is 0 Å². The van der Waals surface area contributed by atoms with Gasteiger partial charge in [-0.3, -0.25) is 4.79 Å². The van der Waals surface area contributed by atoms with E-state index in [1.165, 1.54) is 17.1 Å². The molecule has 2 rings (SSSR count). The number of carbonyl (C=O) groups excluding carboxylic acids is 1. The van der Waals surface area contributed by atoms with Crippen molar-refractivity contribution in [3.63, 3.8) is 0 Å². The Labute approximate surface area is 148 Å². The molecule has 0 atom stereocenters. The van der Waals surface area contributed by atoms with E-state index in [1.54, 1.807) is 0 Å². The average molecular weight is 361 g/mol. The maximum atomic E-state index is 12.4. The number of carbonyl (C=O) groups is 1. The molecule has 1 aliphatic rings. The topological polar surface area (TPSA) is 55.1 Å². The smallest absolute Gasteiger partial charge is 0.251 e. The van der Waals surface area contributed by atoms with Crippen molar-refractivity contribution in [2.45, 2.75) is 36.8 Å². The molecule has 6 heteroatoms. The molecular weight excluding hydrogens is 336 g/mol. The van der Waals surface area contributed by atoms with Gasteiger partial charge in [-0.05, 0) is 30.5 Å². The summed E-state index contributed by atoms with van der Waals surface area (Å²) < 4.78 is 0.525. The first kappa shape index (κ1) is 19.7. The molecule has 3 nitrogen and oxygen atoms in total. The maximum absolute atomic E-state index is 12.4.